The number of hydrogen-bond acceptors (Lipinski definition) is 1. The quantitative estimate of drug-likeness (QED) is 0.155. The molecule has 0 fully saturated rings. The molecule has 1 aromatic heterocycles. The van der Waals surface area contributed by atoms with Crippen molar-refractivity contribution in [3.63, 3.8) is 0 Å². The zero-order valence-electron chi connectivity index (χ0n) is 37.8. The van der Waals surface area contributed by atoms with Crippen LogP contribution in [0.15, 0.2) is 267 Å². The number of anilines is 3. The minimum atomic E-state index is -0.442. The molecule has 1 heterocycles. The molecule has 0 saturated carbocycles. The van der Waals surface area contributed by atoms with E-state index in [0.29, 0.717) is 0 Å². The first kappa shape index (κ1) is 39.2. The Balaban J connectivity index is 0.906. The second kappa shape index (κ2) is 15.6. The molecule has 0 unspecified atom stereocenters. The fourth-order valence-electron chi connectivity index (χ4n) is 11.8. The summed E-state index contributed by atoms with van der Waals surface area (Å²) in [6.07, 6.45) is 0. The monoisotopic (exact) mass is 876 g/mol. The number of para-hydroxylation sites is 2. The molecule has 322 valence electrons. The van der Waals surface area contributed by atoms with Gasteiger partial charge in [0.15, 0.2) is 0 Å². The third kappa shape index (κ3) is 5.99. The summed E-state index contributed by atoms with van der Waals surface area (Å²) >= 11 is 0. The van der Waals surface area contributed by atoms with Crippen molar-refractivity contribution in [2.75, 3.05) is 4.90 Å². The van der Waals surface area contributed by atoms with Crippen molar-refractivity contribution in [1.29, 1.82) is 0 Å². The highest BCUT2D eigenvalue weighted by Gasteiger charge is 2.51. The van der Waals surface area contributed by atoms with Gasteiger partial charge in [0.25, 0.3) is 0 Å². The van der Waals surface area contributed by atoms with Gasteiger partial charge in [-0.1, -0.05) is 200 Å². The van der Waals surface area contributed by atoms with Gasteiger partial charge in [-0.3, -0.25) is 0 Å². The van der Waals surface area contributed by atoms with Gasteiger partial charge in [0, 0.05) is 33.5 Å². The zero-order valence-corrected chi connectivity index (χ0v) is 37.8. The molecule has 14 rings (SSSR count). The van der Waals surface area contributed by atoms with E-state index in [0.717, 1.165) is 22.7 Å². The fourth-order valence-corrected chi connectivity index (χ4v) is 11.8. The number of rotatable bonds is 7. The predicted molar refractivity (Wildman–Crippen MR) is 288 cm³/mol. The lowest BCUT2D eigenvalue weighted by molar-refractivity contribution is 0.793. The highest BCUT2D eigenvalue weighted by atomic mass is 15.1. The summed E-state index contributed by atoms with van der Waals surface area (Å²) in [6.45, 7) is 0. The van der Waals surface area contributed by atoms with Gasteiger partial charge in [-0.2, -0.15) is 0 Å². The van der Waals surface area contributed by atoms with Crippen molar-refractivity contribution in [1.82, 2.24) is 4.57 Å². The number of nitrogens with zero attached hydrogens (tertiary/aromatic N) is 2. The van der Waals surface area contributed by atoms with Crippen LogP contribution in [-0.2, 0) is 5.41 Å². The minimum Gasteiger partial charge on any atom is -0.310 e. The Labute approximate surface area is 402 Å². The normalized spacial score (nSPS) is 12.8. The van der Waals surface area contributed by atoms with Crippen LogP contribution in [0.4, 0.5) is 17.1 Å². The van der Waals surface area contributed by atoms with E-state index in [4.69, 9.17) is 0 Å². The molecule has 0 aliphatic heterocycles. The number of fused-ring (bicyclic) bond motifs is 13. The van der Waals surface area contributed by atoms with Crippen molar-refractivity contribution >= 4 is 38.9 Å². The van der Waals surface area contributed by atoms with Gasteiger partial charge in [-0.05, 0) is 145 Å². The van der Waals surface area contributed by atoms with Crippen LogP contribution in [0.3, 0.4) is 0 Å². The predicted octanol–water partition coefficient (Wildman–Crippen LogP) is 17.6. The molecule has 2 aliphatic carbocycles. The number of benzene rings is 11. The third-order valence-electron chi connectivity index (χ3n) is 14.8. The molecule has 1 spiro atoms. The molecule has 2 nitrogen and oxygen atoms in total. The molecule has 2 aliphatic rings. The second-order valence-corrected chi connectivity index (χ2v) is 18.4. The molecule has 0 N–H and O–H groups in total. The summed E-state index contributed by atoms with van der Waals surface area (Å²) in [5.74, 6) is 0. The van der Waals surface area contributed by atoms with E-state index in [9.17, 15) is 0 Å². The molecule has 0 saturated heterocycles. The van der Waals surface area contributed by atoms with E-state index in [2.05, 4.69) is 276 Å². The zero-order chi connectivity index (χ0) is 45.5. The van der Waals surface area contributed by atoms with Crippen LogP contribution in [0.5, 0.6) is 0 Å². The Morgan fingerprint density at radius 1 is 0.261 bits per heavy atom. The molecule has 12 aromatic rings. The highest BCUT2D eigenvalue weighted by molar-refractivity contribution is 6.10. The fraction of sp³-hybridized carbons (Fsp3) is 0.0149. The maximum atomic E-state index is 2.48. The van der Waals surface area contributed by atoms with Crippen LogP contribution in [0.2, 0.25) is 0 Å². The van der Waals surface area contributed by atoms with E-state index in [1.54, 1.807) is 0 Å². The average Bonchev–Trinajstić information content (AvgIpc) is 4.03. The Morgan fingerprint density at radius 2 is 0.667 bits per heavy atom. The summed E-state index contributed by atoms with van der Waals surface area (Å²) in [6, 6.07) is 98.4. The number of aromatic nitrogens is 1. The maximum absolute atomic E-state index is 2.48. The summed E-state index contributed by atoms with van der Waals surface area (Å²) in [7, 11) is 0. The lowest BCUT2D eigenvalue weighted by Gasteiger charge is -2.32. The lowest BCUT2D eigenvalue weighted by atomic mass is 9.70. The molecule has 69 heavy (non-hydrogen) atoms. The topological polar surface area (TPSA) is 8.17 Å². The first-order valence-electron chi connectivity index (χ1n) is 23.9. The van der Waals surface area contributed by atoms with Gasteiger partial charge in [0.1, 0.15) is 0 Å². The van der Waals surface area contributed by atoms with Crippen molar-refractivity contribution in [2.45, 2.75) is 5.41 Å². The van der Waals surface area contributed by atoms with E-state index >= 15 is 0 Å². The van der Waals surface area contributed by atoms with E-state index in [1.807, 2.05) is 0 Å². The average molecular weight is 877 g/mol. The summed E-state index contributed by atoms with van der Waals surface area (Å²) in [4.78, 5) is 2.44. The van der Waals surface area contributed by atoms with Gasteiger partial charge in [0.2, 0.25) is 0 Å². The molecule has 11 aromatic carbocycles. The van der Waals surface area contributed by atoms with Crippen LogP contribution < -0.4 is 4.90 Å². The molecule has 2 heteroatoms. The summed E-state index contributed by atoms with van der Waals surface area (Å²) in [5, 5.41) is 2.50. The van der Waals surface area contributed by atoms with E-state index < -0.39 is 5.41 Å². The van der Waals surface area contributed by atoms with Gasteiger partial charge in [-0.15, -0.1) is 0 Å². The van der Waals surface area contributed by atoms with Gasteiger partial charge in [0.05, 0.1) is 16.4 Å². The van der Waals surface area contributed by atoms with E-state index in [1.165, 1.54) is 99.7 Å². The third-order valence-corrected chi connectivity index (χ3v) is 14.8. The number of hydrogen-bond donors (Lipinski definition) is 0. The Hall–Kier alpha value is -8.98. The first-order valence-corrected chi connectivity index (χ1v) is 23.9. The van der Waals surface area contributed by atoms with Crippen molar-refractivity contribution < 1.29 is 0 Å². The van der Waals surface area contributed by atoms with Crippen molar-refractivity contribution in [2.24, 2.45) is 0 Å². The second-order valence-electron chi connectivity index (χ2n) is 18.4. The molecular weight excluding hydrogens is 833 g/mol. The summed E-state index contributed by atoms with van der Waals surface area (Å²) in [5.41, 5.74) is 24.2. The van der Waals surface area contributed by atoms with Crippen molar-refractivity contribution in [3.05, 3.63) is 289 Å². The van der Waals surface area contributed by atoms with Crippen LogP contribution in [0.25, 0.3) is 83.1 Å². The standard InChI is InChI=1S/C67H44N2/c1-3-15-45(16-4-1)46-27-29-47(30-28-46)48-31-36-52(37-32-48)68(53-38-33-49(34-39-53)50-35-42-66-60(43-50)59-22-10-14-26-65(59)69(66)51-17-5-2-6-18-51)54-40-41-58-57-21-9-13-25-63(57)67(64(58)44-54)61-23-11-7-19-55(61)56-20-8-12-24-62(56)67/h1-44H. The van der Waals surface area contributed by atoms with Crippen LogP contribution >= 0.6 is 0 Å². The molecule has 0 bridgehead atoms. The highest BCUT2D eigenvalue weighted by Crippen LogP contribution is 2.63. The molecule has 0 atom stereocenters. The Bertz CT molecular complexity index is 3860. The van der Waals surface area contributed by atoms with E-state index in [-0.39, 0.29) is 0 Å². The smallest absolute Gasteiger partial charge is 0.0726 e. The molecule has 0 amide bonds. The van der Waals surface area contributed by atoms with Crippen LogP contribution in [0, 0.1) is 0 Å². The van der Waals surface area contributed by atoms with Crippen molar-refractivity contribution in [3.8, 4) is 61.3 Å². The van der Waals surface area contributed by atoms with Gasteiger partial charge in [-0.25, -0.2) is 0 Å². The van der Waals surface area contributed by atoms with Gasteiger partial charge >= 0.3 is 0 Å². The molecule has 0 radical (unpaired) electrons. The maximum Gasteiger partial charge on any atom is 0.0726 e. The van der Waals surface area contributed by atoms with Gasteiger partial charge < -0.3 is 9.47 Å². The van der Waals surface area contributed by atoms with Crippen LogP contribution in [0.1, 0.15) is 22.3 Å². The Morgan fingerprint density at radius 3 is 1.25 bits per heavy atom. The lowest BCUT2D eigenvalue weighted by Crippen LogP contribution is -2.26. The SMILES string of the molecule is c1ccc(-c2ccc(-c3ccc(N(c4ccc(-c5ccc6c(c5)c5ccccc5n6-c5ccccc5)cc4)c4ccc5c(c4)C4(c6ccccc6-c6ccccc64)c4ccccc4-5)cc3)cc2)cc1. The largest absolute Gasteiger partial charge is 0.310 e. The Kier molecular flexibility index (Phi) is 8.84. The molecular formula is C67H44N2. The van der Waals surface area contributed by atoms with Crippen LogP contribution in [-0.4, -0.2) is 4.57 Å². The minimum absolute atomic E-state index is 0.442. The summed E-state index contributed by atoms with van der Waals surface area (Å²) < 4.78 is 2.38. The first-order chi connectivity index (χ1) is 34.2.